The molecule has 1 aliphatic heterocycles. The molecule has 17 heteroatoms. The lowest BCUT2D eigenvalue weighted by molar-refractivity contribution is -0.151. The summed E-state index contributed by atoms with van der Waals surface area (Å²) in [4.78, 5) is 54.6. The minimum atomic E-state index is -4.98. The molecular formula is C13H15N5O10S2. The van der Waals surface area contributed by atoms with Gasteiger partial charge in [-0.3, -0.25) is 14.1 Å². The van der Waals surface area contributed by atoms with Crippen molar-refractivity contribution in [3.05, 3.63) is 11.1 Å². The highest BCUT2D eigenvalue weighted by atomic mass is 32.2. The predicted molar refractivity (Wildman–Crippen MR) is 97.5 cm³/mol. The Morgan fingerprint density at radius 1 is 1.37 bits per heavy atom. The Morgan fingerprint density at radius 2 is 2.03 bits per heavy atom. The van der Waals surface area contributed by atoms with Crippen molar-refractivity contribution in [3.63, 3.8) is 0 Å². The molecule has 0 saturated carbocycles. The second-order valence-corrected chi connectivity index (χ2v) is 7.90. The van der Waals surface area contributed by atoms with Gasteiger partial charge in [0.05, 0.1) is 12.0 Å². The molecule has 0 aliphatic carbocycles. The summed E-state index contributed by atoms with van der Waals surface area (Å²) in [7, 11) is -4.98. The number of amides is 2. The average Bonchev–Trinajstić information content (AvgIpc) is 3.04. The molecule has 0 aromatic carbocycles. The number of rotatable bonds is 10. The molecule has 2 amide bonds. The minimum Gasteiger partial charge on any atom is -0.479 e. The first-order chi connectivity index (χ1) is 13.9. The van der Waals surface area contributed by atoms with Crippen LogP contribution in [0.3, 0.4) is 0 Å². The van der Waals surface area contributed by atoms with Crippen LogP contribution >= 0.6 is 11.3 Å². The number of carboxylic acids is 1. The summed E-state index contributed by atoms with van der Waals surface area (Å²) < 4.78 is 36.4. The smallest absolute Gasteiger partial charge is 0.404 e. The van der Waals surface area contributed by atoms with Gasteiger partial charge in [-0.05, 0) is 0 Å². The number of nitrogen functional groups attached to an aromatic ring is 1. The Hall–Kier alpha value is -3.31. The van der Waals surface area contributed by atoms with Gasteiger partial charge >= 0.3 is 22.4 Å². The first-order valence-corrected chi connectivity index (χ1v) is 10.1. The zero-order valence-electron chi connectivity index (χ0n) is 14.8. The van der Waals surface area contributed by atoms with Crippen molar-refractivity contribution >= 4 is 56.2 Å². The lowest BCUT2D eigenvalue weighted by Crippen LogP contribution is -2.65. The molecule has 15 nitrogen and oxygen atoms in total. The van der Waals surface area contributed by atoms with E-state index in [9.17, 15) is 27.6 Å². The SMILES string of the molecule is NC(=O)OC[C@@H]1[C@H](CC(=O)/C(=N\OCC(=O)O)c2csc(N)n2)C(=O)N1S(=O)(=O)O. The number of ketones is 1. The van der Waals surface area contributed by atoms with Gasteiger partial charge in [0.25, 0.3) is 0 Å². The van der Waals surface area contributed by atoms with Crippen LogP contribution in [0.1, 0.15) is 12.1 Å². The zero-order valence-corrected chi connectivity index (χ0v) is 16.5. The summed E-state index contributed by atoms with van der Waals surface area (Å²) in [5.74, 6) is -4.69. The van der Waals surface area contributed by atoms with Crippen molar-refractivity contribution in [3.8, 4) is 0 Å². The topological polar surface area (TPSA) is 242 Å². The number of thiazole rings is 1. The van der Waals surface area contributed by atoms with Crippen molar-refractivity contribution in [2.24, 2.45) is 16.8 Å². The first-order valence-electron chi connectivity index (χ1n) is 7.81. The first kappa shape index (κ1) is 23.0. The average molecular weight is 465 g/mol. The summed E-state index contributed by atoms with van der Waals surface area (Å²) in [6, 6.07) is -1.40. The molecule has 0 radical (unpaired) electrons. The highest BCUT2D eigenvalue weighted by molar-refractivity contribution is 7.84. The van der Waals surface area contributed by atoms with Crippen molar-refractivity contribution < 1.29 is 46.8 Å². The molecule has 1 aromatic rings. The number of carbonyl (C=O) groups excluding carboxylic acids is 3. The highest BCUT2D eigenvalue weighted by Crippen LogP contribution is 2.33. The minimum absolute atomic E-state index is 0.0481. The number of carbonyl (C=O) groups is 4. The standard InChI is InChI=1S/C13H15N5O10S2/c14-12-16-6(4-29-12)10(17-28-3-9(20)21)8(19)1-5-7(2-27-13(15)23)18(11(5)22)30(24,25)26/h4-5,7H,1-3H2,(H2,14,16)(H2,15,23)(H,20,21)(H,24,25,26)/b17-10-/t5-,7+/m0/s1. The molecule has 2 rings (SSSR count). The van der Waals surface area contributed by atoms with E-state index in [2.05, 4.69) is 19.7 Å². The second-order valence-electron chi connectivity index (χ2n) is 5.72. The Kier molecular flexibility index (Phi) is 6.90. The monoisotopic (exact) mass is 465 g/mol. The van der Waals surface area contributed by atoms with Gasteiger partial charge < -0.3 is 26.1 Å². The number of aromatic nitrogens is 1. The quantitative estimate of drug-likeness (QED) is 0.130. The lowest BCUT2D eigenvalue weighted by atomic mass is 9.85. The highest BCUT2D eigenvalue weighted by Gasteiger charge is 2.54. The van der Waals surface area contributed by atoms with Gasteiger partial charge in [-0.1, -0.05) is 5.16 Å². The number of aliphatic carboxylic acids is 1. The van der Waals surface area contributed by atoms with Crippen LogP contribution in [0.4, 0.5) is 9.93 Å². The Balaban J connectivity index is 2.24. The number of anilines is 1. The molecule has 30 heavy (non-hydrogen) atoms. The van der Waals surface area contributed by atoms with Crippen LogP contribution < -0.4 is 11.5 Å². The van der Waals surface area contributed by atoms with Gasteiger partial charge in [-0.15, -0.1) is 11.3 Å². The fourth-order valence-corrected chi connectivity index (χ4v) is 3.98. The van der Waals surface area contributed by atoms with Crippen LogP contribution in [0.15, 0.2) is 10.5 Å². The summed E-state index contributed by atoms with van der Waals surface area (Å²) in [6.45, 7) is -1.57. The number of primary amides is 1. The third kappa shape index (κ3) is 5.39. The molecular weight excluding hydrogens is 450 g/mol. The van der Waals surface area contributed by atoms with Gasteiger partial charge in [0.1, 0.15) is 12.3 Å². The van der Waals surface area contributed by atoms with E-state index in [1.54, 1.807) is 0 Å². The molecule has 6 N–H and O–H groups in total. The zero-order chi connectivity index (χ0) is 22.6. The van der Waals surface area contributed by atoms with E-state index in [-0.39, 0.29) is 15.1 Å². The molecule has 0 bridgehead atoms. The van der Waals surface area contributed by atoms with E-state index in [1.807, 2.05) is 0 Å². The number of ether oxygens (including phenoxy) is 1. The van der Waals surface area contributed by atoms with Crippen molar-refractivity contribution in [2.45, 2.75) is 12.5 Å². The number of β-lactam (4-membered cyclic amide) rings is 1. The molecule has 1 saturated heterocycles. The van der Waals surface area contributed by atoms with Crippen molar-refractivity contribution in [2.75, 3.05) is 18.9 Å². The second kappa shape index (κ2) is 9.01. The Morgan fingerprint density at radius 3 is 2.53 bits per heavy atom. The maximum Gasteiger partial charge on any atom is 0.404 e. The Labute approximate surface area is 172 Å². The van der Waals surface area contributed by atoms with Crippen LogP contribution in [0, 0.1) is 5.92 Å². The van der Waals surface area contributed by atoms with E-state index >= 15 is 0 Å². The van der Waals surface area contributed by atoms with E-state index in [0.29, 0.717) is 0 Å². The fraction of sp³-hybridized carbons (Fsp3) is 0.385. The van der Waals surface area contributed by atoms with E-state index < -0.39 is 71.4 Å². The van der Waals surface area contributed by atoms with Gasteiger partial charge in [0.2, 0.25) is 12.5 Å². The molecule has 0 spiro atoms. The third-order valence-electron chi connectivity index (χ3n) is 3.72. The van der Waals surface area contributed by atoms with Gasteiger partial charge in [-0.2, -0.15) is 8.42 Å². The van der Waals surface area contributed by atoms with Crippen LogP contribution in [0.5, 0.6) is 0 Å². The number of Topliss-reactive ketones (excluding diaryl/α,β-unsaturated/α-hetero) is 1. The number of oxime groups is 1. The van der Waals surface area contributed by atoms with Crippen LogP contribution in [-0.2, 0) is 34.3 Å². The normalized spacial score (nSPS) is 19.2. The summed E-state index contributed by atoms with van der Waals surface area (Å²) in [6.07, 6.45) is -1.92. The number of carboxylic acid groups (broad SMARTS) is 1. The number of hydrogen-bond donors (Lipinski definition) is 4. The van der Waals surface area contributed by atoms with Crippen molar-refractivity contribution in [1.29, 1.82) is 0 Å². The van der Waals surface area contributed by atoms with Gasteiger partial charge in [0.15, 0.2) is 16.6 Å². The van der Waals surface area contributed by atoms with E-state index in [1.165, 1.54) is 5.38 Å². The number of nitrogens with two attached hydrogens (primary N) is 2. The molecule has 2 heterocycles. The lowest BCUT2D eigenvalue weighted by Gasteiger charge is -2.43. The number of hydrogen-bond acceptors (Lipinski definition) is 12. The Bertz CT molecular complexity index is 1000. The maximum atomic E-state index is 12.7. The van der Waals surface area contributed by atoms with E-state index in [0.717, 1.165) is 11.3 Å². The van der Waals surface area contributed by atoms with Gasteiger partial charge in [0, 0.05) is 11.8 Å². The maximum absolute atomic E-state index is 12.7. The largest absolute Gasteiger partial charge is 0.479 e. The molecule has 1 aromatic heterocycles. The predicted octanol–water partition coefficient (Wildman–Crippen LogP) is -1.79. The van der Waals surface area contributed by atoms with E-state index in [4.69, 9.17) is 21.1 Å². The molecule has 0 unspecified atom stereocenters. The number of nitrogens with zero attached hydrogens (tertiary/aromatic N) is 3. The van der Waals surface area contributed by atoms with Crippen LogP contribution in [-0.4, -0.2) is 76.1 Å². The van der Waals surface area contributed by atoms with Crippen LogP contribution in [0.2, 0.25) is 0 Å². The van der Waals surface area contributed by atoms with Gasteiger partial charge in [-0.25, -0.2) is 18.9 Å². The molecule has 2 atom stereocenters. The van der Waals surface area contributed by atoms with Crippen molar-refractivity contribution in [1.82, 2.24) is 9.29 Å². The summed E-state index contributed by atoms with van der Waals surface area (Å²) >= 11 is 0.948. The summed E-state index contributed by atoms with van der Waals surface area (Å²) in [5, 5.41) is 13.4. The van der Waals surface area contributed by atoms with Crippen LogP contribution in [0.25, 0.3) is 0 Å². The molecule has 1 aliphatic rings. The fourth-order valence-electron chi connectivity index (χ4n) is 2.52. The molecule has 164 valence electrons. The molecule has 1 fully saturated rings. The summed E-state index contributed by atoms with van der Waals surface area (Å²) in [5.41, 5.74) is 9.80. The third-order valence-corrected chi connectivity index (χ3v) is 5.34.